The number of alkyl halides is 4. The number of anilines is 2. The van der Waals surface area contributed by atoms with Crippen LogP contribution in [0.2, 0.25) is 0 Å². The lowest BCUT2D eigenvalue weighted by Gasteiger charge is -2.34. The number of nitrogens with zero attached hydrogens (tertiary/aromatic N) is 6. The number of primary amides is 1. The van der Waals surface area contributed by atoms with Crippen molar-refractivity contribution in [2.24, 2.45) is 5.73 Å². The third-order valence-electron chi connectivity index (χ3n) is 8.89. The van der Waals surface area contributed by atoms with Crippen molar-refractivity contribution < 1.29 is 36.2 Å². The predicted molar refractivity (Wildman–Crippen MR) is 154 cm³/mol. The van der Waals surface area contributed by atoms with Gasteiger partial charge < -0.3 is 25.8 Å². The average molecular weight is 637 g/mol. The molecule has 16 heteroatoms. The van der Waals surface area contributed by atoms with Gasteiger partial charge in [-0.2, -0.15) is 23.1 Å². The minimum Gasteiger partial charge on any atom is -0.475 e. The first kappa shape index (κ1) is 30.9. The quantitative estimate of drug-likeness (QED) is 0.404. The Labute approximate surface area is 255 Å². The minimum atomic E-state index is -4.88. The summed E-state index contributed by atoms with van der Waals surface area (Å²) in [6.07, 6.45) is -1.19. The maximum atomic E-state index is 16.0. The molecule has 3 aliphatic heterocycles. The van der Waals surface area contributed by atoms with Crippen molar-refractivity contribution in [3.8, 4) is 23.1 Å². The Morgan fingerprint density at radius 2 is 1.93 bits per heavy atom. The first-order valence-corrected chi connectivity index (χ1v) is 14.6. The molecule has 0 spiro atoms. The van der Waals surface area contributed by atoms with Crippen molar-refractivity contribution in [2.45, 2.75) is 75.9 Å². The van der Waals surface area contributed by atoms with Gasteiger partial charge in [0, 0.05) is 18.2 Å². The number of hydrogen-bond donors (Lipinski definition) is 2. The molecule has 242 valence electrons. The van der Waals surface area contributed by atoms with Crippen LogP contribution in [0.1, 0.15) is 50.3 Å². The number of ether oxygens (including phenoxy) is 2. The Hall–Kier alpha value is -4.08. The lowest BCUT2D eigenvalue weighted by Crippen LogP contribution is -2.53. The van der Waals surface area contributed by atoms with E-state index >= 15 is 4.39 Å². The number of pyridine rings is 2. The molecular weight excluding hydrogens is 603 g/mol. The fraction of sp³-hybridized carbons (Fsp3) is 0.552. The Bertz CT molecular complexity index is 1660. The molecule has 2 unspecified atom stereocenters. The summed E-state index contributed by atoms with van der Waals surface area (Å²) in [5.41, 5.74) is 7.02. The van der Waals surface area contributed by atoms with Crippen LogP contribution in [0.4, 0.5) is 33.6 Å². The zero-order valence-corrected chi connectivity index (χ0v) is 24.9. The topological polar surface area (TPSA) is 146 Å². The second-order valence-corrected chi connectivity index (χ2v) is 11.9. The molecule has 0 aromatic carbocycles. The summed E-state index contributed by atoms with van der Waals surface area (Å²) in [5.74, 6) is -2.12. The van der Waals surface area contributed by atoms with E-state index in [1.807, 2.05) is 0 Å². The van der Waals surface area contributed by atoms with Crippen LogP contribution < -0.4 is 25.8 Å². The number of nitrogens with two attached hydrogens (primary N) is 2. The molecule has 6 heterocycles. The highest BCUT2D eigenvalue weighted by Crippen LogP contribution is 2.50. The molecular formula is C29H33F5N8O3. The fourth-order valence-corrected chi connectivity index (χ4v) is 6.75. The molecule has 45 heavy (non-hydrogen) atoms. The Morgan fingerprint density at radius 3 is 2.56 bits per heavy atom. The smallest absolute Gasteiger partial charge is 0.418 e. The second kappa shape index (κ2) is 11.1. The molecule has 3 fully saturated rings. The standard InChI is InChI=1S/C22H21F4N7O3.C7H12FN/c1-8-7-36-18-12-16(31-20(35-3)32-17(12)33(8)21(4-5-21)19(28)34)14(23)15(30-18)10-6-11(27)29-9(2)13(10)22(24,25)26;8-6-4-7-2-1-3-9(7)5-6/h6,8H,4-5,7H2,1-3H3,(H2,27,29)(H2,28,34);6-7H,1-5H2/t8-;/m0./s1. The molecule has 7 rings (SSSR count). The molecule has 0 bridgehead atoms. The number of aromatic nitrogens is 4. The maximum absolute atomic E-state index is 16.0. The van der Waals surface area contributed by atoms with Gasteiger partial charge in [0.1, 0.15) is 40.7 Å². The SMILES string of the molecule is COc1nc2c3c(nc(-c4cc(N)nc(C)c4C(F)(F)F)c(F)c3n1)OC[C@H](C)N2C1(C(N)=O)CC1.FC1CC2CCCN2C1. The van der Waals surface area contributed by atoms with Gasteiger partial charge in [0.25, 0.3) is 0 Å². The van der Waals surface area contributed by atoms with E-state index < -0.39 is 63.7 Å². The second-order valence-electron chi connectivity index (χ2n) is 11.9. The number of halogens is 5. The zero-order chi connectivity index (χ0) is 32.4. The molecule has 4 N–H and O–H groups in total. The van der Waals surface area contributed by atoms with Crippen molar-refractivity contribution in [1.29, 1.82) is 0 Å². The van der Waals surface area contributed by atoms with E-state index in [9.17, 15) is 22.4 Å². The van der Waals surface area contributed by atoms with E-state index in [1.165, 1.54) is 20.0 Å². The highest BCUT2D eigenvalue weighted by molar-refractivity contribution is 6.01. The van der Waals surface area contributed by atoms with Crippen LogP contribution in [-0.2, 0) is 11.0 Å². The van der Waals surface area contributed by atoms with E-state index in [0.717, 1.165) is 26.0 Å². The van der Waals surface area contributed by atoms with Gasteiger partial charge in [0.15, 0.2) is 11.6 Å². The minimum absolute atomic E-state index is 0.0127. The van der Waals surface area contributed by atoms with Gasteiger partial charge in [-0.15, -0.1) is 0 Å². The lowest BCUT2D eigenvalue weighted by atomic mass is 10.0. The normalized spacial score (nSPS) is 23.6. The van der Waals surface area contributed by atoms with Crippen LogP contribution in [0.5, 0.6) is 11.9 Å². The third kappa shape index (κ3) is 5.32. The van der Waals surface area contributed by atoms with Crippen LogP contribution >= 0.6 is 0 Å². The van der Waals surface area contributed by atoms with E-state index in [2.05, 4.69) is 24.8 Å². The molecule has 2 saturated heterocycles. The number of fused-ring (bicyclic) bond motifs is 1. The first-order chi connectivity index (χ1) is 21.2. The fourth-order valence-electron chi connectivity index (χ4n) is 6.75. The van der Waals surface area contributed by atoms with Gasteiger partial charge >= 0.3 is 12.2 Å². The van der Waals surface area contributed by atoms with Gasteiger partial charge in [0.05, 0.1) is 24.4 Å². The molecule has 3 aromatic heterocycles. The van der Waals surface area contributed by atoms with Gasteiger partial charge in [-0.25, -0.2) is 18.7 Å². The summed E-state index contributed by atoms with van der Waals surface area (Å²) >= 11 is 0. The molecule has 0 radical (unpaired) electrons. The highest BCUT2D eigenvalue weighted by Gasteiger charge is 2.57. The number of nitrogen functional groups attached to an aromatic ring is 1. The average Bonchev–Trinajstić information content (AvgIpc) is 3.56. The highest BCUT2D eigenvalue weighted by atomic mass is 19.4. The van der Waals surface area contributed by atoms with E-state index in [0.29, 0.717) is 25.4 Å². The van der Waals surface area contributed by atoms with Crippen molar-refractivity contribution in [2.75, 3.05) is 37.4 Å². The van der Waals surface area contributed by atoms with Crippen LogP contribution in [0.15, 0.2) is 6.07 Å². The number of carbonyl (C=O) groups excluding carboxylic acids is 1. The number of amides is 1. The Balaban J connectivity index is 0.000000337. The van der Waals surface area contributed by atoms with Gasteiger partial charge in [-0.05, 0) is 58.6 Å². The van der Waals surface area contributed by atoms with Crippen LogP contribution in [0, 0.1) is 12.7 Å². The molecule has 1 aliphatic carbocycles. The zero-order valence-electron chi connectivity index (χ0n) is 24.9. The van der Waals surface area contributed by atoms with E-state index in [-0.39, 0.29) is 35.5 Å². The summed E-state index contributed by atoms with van der Waals surface area (Å²) in [5, 5.41) is -0.0127. The summed E-state index contributed by atoms with van der Waals surface area (Å²) in [6.45, 7) is 4.69. The lowest BCUT2D eigenvalue weighted by molar-refractivity contribution is -0.137. The molecule has 1 amide bonds. The first-order valence-electron chi connectivity index (χ1n) is 14.6. The Kier molecular flexibility index (Phi) is 7.61. The third-order valence-corrected chi connectivity index (χ3v) is 8.89. The van der Waals surface area contributed by atoms with Crippen molar-refractivity contribution in [3.05, 3.63) is 23.1 Å². The van der Waals surface area contributed by atoms with Crippen LogP contribution in [-0.4, -0.2) is 81.3 Å². The van der Waals surface area contributed by atoms with Crippen LogP contribution in [0.25, 0.3) is 22.2 Å². The van der Waals surface area contributed by atoms with E-state index in [4.69, 9.17) is 20.9 Å². The van der Waals surface area contributed by atoms with Crippen LogP contribution in [0.3, 0.4) is 0 Å². The van der Waals surface area contributed by atoms with Gasteiger partial charge in [-0.1, -0.05) is 0 Å². The number of methoxy groups -OCH3 is 1. The number of hydrogen-bond acceptors (Lipinski definition) is 10. The summed E-state index contributed by atoms with van der Waals surface area (Å²) in [7, 11) is 1.26. The van der Waals surface area contributed by atoms with E-state index in [1.54, 1.807) is 11.8 Å². The summed E-state index contributed by atoms with van der Waals surface area (Å²) < 4.78 is 81.5. The van der Waals surface area contributed by atoms with Gasteiger partial charge in [-0.3, -0.25) is 9.69 Å². The molecule has 11 nitrogen and oxygen atoms in total. The summed E-state index contributed by atoms with van der Waals surface area (Å²) in [6, 6.07) is 0.769. The predicted octanol–water partition coefficient (Wildman–Crippen LogP) is 3.94. The molecule has 3 atom stereocenters. The monoisotopic (exact) mass is 636 g/mol. The van der Waals surface area contributed by atoms with Crippen molar-refractivity contribution >= 4 is 28.4 Å². The largest absolute Gasteiger partial charge is 0.475 e. The van der Waals surface area contributed by atoms with Crippen molar-refractivity contribution in [1.82, 2.24) is 24.8 Å². The van der Waals surface area contributed by atoms with Crippen molar-refractivity contribution in [3.63, 3.8) is 0 Å². The molecule has 1 saturated carbocycles. The molecule has 4 aliphatic rings. The number of rotatable bonds is 4. The molecule has 3 aromatic rings. The number of aryl methyl sites for hydroxylation is 1. The summed E-state index contributed by atoms with van der Waals surface area (Å²) in [4.78, 5) is 32.5. The maximum Gasteiger partial charge on any atom is 0.418 e. The Morgan fingerprint density at radius 1 is 1.20 bits per heavy atom. The number of carbonyl (C=O) groups is 1. The van der Waals surface area contributed by atoms with Gasteiger partial charge in [0.2, 0.25) is 11.8 Å².